The number of benzene rings is 1. The molecule has 0 bridgehead atoms. The molecule has 19 heavy (non-hydrogen) atoms. The van der Waals surface area contributed by atoms with E-state index in [0.29, 0.717) is 0 Å². The number of fused-ring (bicyclic) bond motifs is 1. The van der Waals surface area contributed by atoms with E-state index in [1.807, 2.05) is 23.1 Å². The highest BCUT2D eigenvalue weighted by molar-refractivity contribution is 5.98. The molecular weight excluding hydrogens is 240 g/mol. The van der Waals surface area contributed by atoms with Gasteiger partial charge in [-0.25, -0.2) is 0 Å². The van der Waals surface area contributed by atoms with E-state index in [1.54, 1.807) is 6.20 Å². The van der Waals surface area contributed by atoms with E-state index in [2.05, 4.69) is 17.1 Å². The topological polar surface area (TPSA) is 75.0 Å². The Labute approximate surface area is 111 Å². The minimum Gasteiger partial charge on any atom is -0.336 e. The molecule has 1 aromatic heterocycles. The van der Waals surface area contributed by atoms with Crippen LogP contribution in [-0.4, -0.2) is 39.6 Å². The molecule has 0 spiro atoms. The van der Waals surface area contributed by atoms with Crippen molar-refractivity contribution in [3.05, 3.63) is 30.0 Å². The zero-order valence-corrected chi connectivity index (χ0v) is 11.0. The molecule has 2 aromatic rings. The van der Waals surface area contributed by atoms with Crippen LogP contribution in [0.1, 0.15) is 30.1 Å². The van der Waals surface area contributed by atoms with Crippen LogP contribution in [0.3, 0.4) is 0 Å². The maximum Gasteiger partial charge on any atom is 0.254 e. The second kappa shape index (κ2) is 4.66. The quantitative estimate of drug-likeness (QED) is 0.814. The molecule has 5 nitrogen and oxygen atoms in total. The minimum absolute atomic E-state index is 0.0856. The van der Waals surface area contributed by atoms with Gasteiger partial charge in [-0.2, -0.15) is 5.10 Å². The highest BCUT2D eigenvalue weighted by atomic mass is 16.2. The third-order valence-electron chi connectivity index (χ3n) is 3.86. The van der Waals surface area contributed by atoms with Crippen molar-refractivity contribution in [1.29, 1.82) is 0 Å². The Morgan fingerprint density at radius 1 is 1.53 bits per heavy atom. The van der Waals surface area contributed by atoms with Crippen molar-refractivity contribution in [1.82, 2.24) is 15.1 Å². The number of piperidine rings is 1. The van der Waals surface area contributed by atoms with Crippen LogP contribution >= 0.6 is 0 Å². The summed E-state index contributed by atoms with van der Waals surface area (Å²) in [4.78, 5) is 14.5. The second-order valence-electron chi connectivity index (χ2n) is 5.30. The zero-order chi connectivity index (χ0) is 13.4. The summed E-state index contributed by atoms with van der Waals surface area (Å²) < 4.78 is 0. The largest absolute Gasteiger partial charge is 0.336 e. The number of H-pyrrole nitrogens is 1. The molecule has 0 saturated carbocycles. The van der Waals surface area contributed by atoms with E-state index >= 15 is 0 Å². The van der Waals surface area contributed by atoms with Crippen LogP contribution < -0.4 is 5.73 Å². The average molecular weight is 258 g/mol. The number of nitrogens with one attached hydrogen (secondary N) is 1. The number of carbonyl (C=O) groups excluding carboxylic acids is 1. The lowest BCUT2D eigenvalue weighted by Gasteiger charge is -2.36. The third-order valence-corrected chi connectivity index (χ3v) is 3.86. The number of aromatic amines is 1. The highest BCUT2D eigenvalue weighted by Gasteiger charge is 2.27. The van der Waals surface area contributed by atoms with E-state index in [1.165, 1.54) is 0 Å². The van der Waals surface area contributed by atoms with Gasteiger partial charge < -0.3 is 10.6 Å². The smallest absolute Gasteiger partial charge is 0.254 e. The summed E-state index contributed by atoms with van der Waals surface area (Å²) in [5, 5.41) is 7.83. The molecule has 2 heterocycles. The Kier molecular flexibility index (Phi) is 2.98. The molecule has 1 amide bonds. The number of hydrogen-bond donors (Lipinski definition) is 2. The van der Waals surface area contributed by atoms with Crippen molar-refractivity contribution >= 4 is 16.8 Å². The first kappa shape index (κ1) is 12.2. The van der Waals surface area contributed by atoms with Gasteiger partial charge in [0.1, 0.15) is 0 Å². The lowest BCUT2D eigenvalue weighted by molar-refractivity contribution is 0.0619. The number of likely N-dealkylation sites (tertiary alicyclic amines) is 1. The van der Waals surface area contributed by atoms with E-state index in [9.17, 15) is 4.79 Å². The molecule has 100 valence electrons. The molecule has 0 radical (unpaired) electrons. The molecule has 2 atom stereocenters. The van der Waals surface area contributed by atoms with Gasteiger partial charge in [0.25, 0.3) is 5.91 Å². The lowest BCUT2D eigenvalue weighted by Crippen LogP contribution is -2.48. The molecule has 1 aliphatic heterocycles. The normalized spacial score (nSPS) is 23.8. The fourth-order valence-electron chi connectivity index (χ4n) is 2.75. The summed E-state index contributed by atoms with van der Waals surface area (Å²) in [5.74, 6) is 0.0856. The van der Waals surface area contributed by atoms with Crippen LogP contribution in [0.2, 0.25) is 0 Å². The van der Waals surface area contributed by atoms with Crippen molar-refractivity contribution < 1.29 is 4.79 Å². The van der Waals surface area contributed by atoms with Gasteiger partial charge in [-0.15, -0.1) is 0 Å². The van der Waals surface area contributed by atoms with Crippen LogP contribution in [0.15, 0.2) is 24.4 Å². The summed E-state index contributed by atoms with van der Waals surface area (Å²) in [6.07, 6.45) is 3.49. The number of hydrogen-bond acceptors (Lipinski definition) is 3. The number of nitrogens with two attached hydrogens (primary N) is 1. The van der Waals surface area contributed by atoms with Gasteiger partial charge in [0.15, 0.2) is 0 Å². The number of amides is 1. The van der Waals surface area contributed by atoms with Gasteiger partial charge in [0.2, 0.25) is 0 Å². The first-order valence-electron chi connectivity index (χ1n) is 6.65. The molecule has 0 aliphatic carbocycles. The predicted molar refractivity (Wildman–Crippen MR) is 73.8 cm³/mol. The highest BCUT2D eigenvalue weighted by Crippen LogP contribution is 2.20. The van der Waals surface area contributed by atoms with Crippen molar-refractivity contribution in [3.8, 4) is 0 Å². The van der Waals surface area contributed by atoms with Crippen molar-refractivity contribution in [2.45, 2.75) is 31.8 Å². The van der Waals surface area contributed by atoms with Crippen molar-refractivity contribution in [2.24, 2.45) is 5.73 Å². The number of rotatable bonds is 1. The van der Waals surface area contributed by atoms with Crippen LogP contribution in [0.25, 0.3) is 10.9 Å². The monoisotopic (exact) mass is 258 g/mol. The molecule has 1 aromatic carbocycles. The number of aromatic nitrogens is 2. The molecule has 1 fully saturated rings. The summed E-state index contributed by atoms with van der Waals surface area (Å²) >= 11 is 0. The maximum absolute atomic E-state index is 12.5. The lowest BCUT2D eigenvalue weighted by atomic mass is 9.98. The van der Waals surface area contributed by atoms with Gasteiger partial charge in [0, 0.05) is 29.6 Å². The van der Waals surface area contributed by atoms with E-state index < -0.39 is 0 Å². The van der Waals surface area contributed by atoms with Gasteiger partial charge in [-0.05, 0) is 38.0 Å². The summed E-state index contributed by atoms with van der Waals surface area (Å²) in [7, 11) is 0. The van der Waals surface area contributed by atoms with Crippen LogP contribution in [-0.2, 0) is 0 Å². The Hall–Kier alpha value is -1.88. The molecule has 1 aliphatic rings. The van der Waals surface area contributed by atoms with Crippen molar-refractivity contribution in [2.75, 3.05) is 6.54 Å². The second-order valence-corrected chi connectivity index (χ2v) is 5.30. The molecule has 0 unspecified atom stereocenters. The Balaban J connectivity index is 1.86. The van der Waals surface area contributed by atoms with Gasteiger partial charge in [-0.3, -0.25) is 9.89 Å². The Morgan fingerprint density at radius 2 is 2.37 bits per heavy atom. The molecule has 5 heteroatoms. The maximum atomic E-state index is 12.5. The summed E-state index contributed by atoms with van der Waals surface area (Å²) in [6.45, 7) is 2.80. The van der Waals surface area contributed by atoms with Gasteiger partial charge in [0.05, 0.1) is 11.7 Å². The first-order chi connectivity index (χ1) is 9.15. The molecular formula is C14H18N4O. The molecule has 3 rings (SSSR count). The molecule has 3 N–H and O–H groups in total. The van der Waals surface area contributed by atoms with E-state index in [-0.39, 0.29) is 18.0 Å². The van der Waals surface area contributed by atoms with E-state index in [0.717, 1.165) is 35.9 Å². The SMILES string of the molecule is C[C@@H]1C[C@@H](N)CCN1C(=O)c1ccc2[nH]ncc2c1. The average Bonchev–Trinajstić information content (AvgIpc) is 2.85. The van der Waals surface area contributed by atoms with Crippen molar-refractivity contribution in [3.63, 3.8) is 0 Å². The first-order valence-corrected chi connectivity index (χ1v) is 6.65. The molecule has 1 saturated heterocycles. The number of nitrogens with zero attached hydrogens (tertiary/aromatic N) is 2. The summed E-state index contributed by atoms with van der Waals surface area (Å²) in [5.41, 5.74) is 7.60. The Bertz CT molecular complexity index is 606. The third kappa shape index (κ3) is 2.21. The Morgan fingerprint density at radius 3 is 3.16 bits per heavy atom. The fourth-order valence-corrected chi connectivity index (χ4v) is 2.75. The standard InChI is InChI=1S/C14H18N4O/c1-9-6-12(15)4-5-18(9)14(19)10-2-3-13-11(7-10)8-16-17-13/h2-3,7-9,12H,4-6,15H2,1H3,(H,16,17)/t9-,12+/m1/s1. The van der Waals surface area contributed by atoms with E-state index in [4.69, 9.17) is 5.73 Å². The van der Waals surface area contributed by atoms with Gasteiger partial charge >= 0.3 is 0 Å². The number of carbonyl (C=O) groups is 1. The summed E-state index contributed by atoms with van der Waals surface area (Å²) in [6, 6.07) is 6.06. The van der Waals surface area contributed by atoms with Gasteiger partial charge in [-0.1, -0.05) is 0 Å². The zero-order valence-electron chi connectivity index (χ0n) is 11.0. The minimum atomic E-state index is 0.0856. The van der Waals surface area contributed by atoms with Crippen LogP contribution in [0.4, 0.5) is 0 Å². The fraction of sp³-hybridized carbons (Fsp3) is 0.429. The van der Waals surface area contributed by atoms with Crippen LogP contribution in [0.5, 0.6) is 0 Å². The predicted octanol–water partition coefficient (Wildman–Crippen LogP) is 1.51. The van der Waals surface area contributed by atoms with Crippen LogP contribution in [0, 0.1) is 0 Å².